The summed E-state index contributed by atoms with van der Waals surface area (Å²) in [6.07, 6.45) is 1.70. The highest BCUT2D eigenvalue weighted by molar-refractivity contribution is 7.99. The lowest BCUT2D eigenvalue weighted by molar-refractivity contribution is -0.113. The van der Waals surface area contributed by atoms with Gasteiger partial charge in [-0.3, -0.25) is 9.36 Å². The zero-order valence-corrected chi connectivity index (χ0v) is 21.1. The molecule has 0 aliphatic carbocycles. The number of thiazole rings is 1. The molecule has 2 heterocycles. The standard InChI is InChI=1S/C24H21ClFN5O2S2/c1-3-10-31-21(12-33-17-8-9-19(26)18(25)11-17)29-30-24(31)35-14-22(32)28-23-27-20(13-34-23)16-6-4-15(2)5-7-16/h3-9,11,13H,1,10,12,14H2,2H3,(H,27,28,32). The van der Waals surface area contributed by atoms with Crippen LogP contribution in [0.3, 0.4) is 0 Å². The molecule has 11 heteroatoms. The fraction of sp³-hybridized carbons (Fsp3) is 0.167. The number of carbonyl (C=O) groups excluding carboxylic acids is 1. The van der Waals surface area contributed by atoms with E-state index in [1.54, 1.807) is 10.6 Å². The van der Waals surface area contributed by atoms with E-state index in [-0.39, 0.29) is 23.3 Å². The minimum Gasteiger partial charge on any atom is -0.486 e. The Morgan fingerprint density at radius 2 is 2.09 bits per heavy atom. The Kier molecular flexibility index (Phi) is 8.17. The van der Waals surface area contributed by atoms with Crippen LogP contribution in [0.1, 0.15) is 11.4 Å². The van der Waals surface area contributed by atoms with E-state index in [1.165, 1.54) is 46.9 Å². The van der Waals surface area contributed by atoms with Crippen molar-refractivity contribution in [3.05, 3.63) is 82.7 Å². The molecule has 2 aromatic carbocycles. The predicted octanol–water partition coefficient (Wildman–Crippen LogP) is 6.00. The molecule has 35 heavy (non-hydrogen) atoms. The number of nitrogens with zero attached hydrogens (tertiary/aromatic N) is 4. The number of rotatable bonds is 10. The van der Waals surface area contributed by atoms with Crippen molar-refractivity contribution in [2.45, 2.75) is 25.2 Å². The first-order valence-corrected chi connectivity index (χ1v) is 12.7. The van der Waals surface area contributed by atoms with E-state index in [0.29, 0.717) is 28.4 Å². The number of anilines is 1. The maximum Gasteiger partial charge on any atom is 0.236 e. The Labute approximate surface area is 215 Å². The number of nitrogens with one attached hydrogen (secondary N) is 1. The van der Waals surface area contributed by atoms with Gasteiger partial charge in [0.05, 0.1) is 16.5 Å². The maximum absolute atomic E-state index is 13.3. The molecule has 0 aliphatic rings. The topological polar surface area (TPSA) is 81.9 Å². The molecular weight excluding hydrogens is 509 g/mol. The SMILES string of the molecule is C=CCn1c(COc2ccc(F)c(Cl)c2)nnc1SCC(=O)Nc1nc(-c2ccc(C)cc2)cs1. The molecule has 0 saturated carbocycles. The van der Waals surface area contributed by atoms with Gasteiger partial charge in [0.15, 0.2) is 16.1 Å². The van der Waals surface area contributed by atoms with E-state index in [4.69, 9.17) is 16.3 Å². The number of thioether (sulfide) groups is 1. The Hall–Kier alpha value is -3.21. The van der Waals surface area contributed by atoms with Crippen LogP contribution in [-0.4, -0.2) is 31.4 Å². The Balaban J connectivity index is 1.35. The van der Waals surface area contributed by atoms with Crippen LogP contribution < -0.4 is 10.1 Å². The van der Waals surface area contributed by atoms with Gasteiger partial charge in [-0.1, -0.05) is 59.3 Å². The molecule has 0 radical (unpaired) electrons. The first kappa shape index (κ1) is 24.9. The monoisotopic (exact) mass is 529 g/mol. The summed E-state index contributed by atoms with van der Waals surface area (Å²) >= 11 is 8.42. The van der Waals surface area contributed by atoms with Gasteiger partial charge in [-0.2, -0.15) is 0 Å². The van der Waals surface area contributed by atoms with Crippen molar-refractivity contribution in [2.75, 3.05) is 11.1 Å². The van der Waals surface area contributed by atoms with E-state index >= 15 is 0 Å². The average Bonchev–Trinajstić information content (AvgIpc) is 3.46. The van der Waals surface area contributed by atoms with Crippen LogP contribution in [0.2, 0.25) is 5.02 Å². The quantitative estimate of drug-likeness (QED) is 0.200. The van der Waals surface area contributed by atoms with Gasteiger partial charge < -0.3 is 10.1 Å². The molecule has 1 amide bonds. The molecule has 180 valence electrons. The molecule has 0 spiro atoms. The highest BCUT2D eigenvalue weighted by atomic mass is 35.5. The summed E-state index contributed by atoms with van der Waals surface area (Å²) in [6, 6.07) is 12.2. The number of benzene rings is 2. The number of ether oxygens (including phenoxy) is 1. The summed E-state index contributed by atoms with van der Waals surface area (Å²) in [4.78, 5) is 17.0. The van der Waals surface area contributed by atoms with Crippen LogP contribution in [-0.2, 0) is 17.9 Å². The van der Waals surface area contributed by atoms with E-state index < -0.39 is 5.82 Å². The van der Waals surface area contributed by atoms with Crippen molar-refractivity contribution >= 4 is 45.7 Å². The minimum atomic E-state index is -0.519. The number of aryl methyl sites for hydroxylation is 1. The minimum absolute atomic E-state index is 0.0245. The molecule has 4 rings (SSSR count). The molecule has 0 saturated heterocycles. The summed E-state index contributed by atoms with van der Waals surface area (Å²) in [5, 5.41) is 14.1. The van der Waals surface area contributed by atoms with E-state index in [2.05, 4.69) is 27.1 Å². The summed E-state index contributed by atoms with van der Waals surface area (Å²) in [7, 11) is 0. The fourth-order valence-electron chi connectivity index (χ4n) is 3.03. The van der Waals surface area contributed by atoms with Crippen LogP contribution in [0.5, 0.6) is 5.75 Å². The molecule has 2 aromatic heterocycles. The number of aromatic nitrogens is 4. The van der Waals surface area contributed by atoms with Gasteiger partial charge >= 0.3 is 0 Å². The smallest absolute Gasteiger partial charge is 0.236 e. The summed E-state index contributed by atoms with van der Waals surface area (Å²) in [6.45, 7) is 6.33. The van der Waals surface area contributed by atoms with Gasteiger partial charge in [-0.25, -0.2) is 9.37 Å². The summed E-state index contributed by atoms with van der Waals surface area (Å²) in [5.41, 5.74) is 2.99. The van der Waals surface area contributed by atoms with Gasteiger partial charge in [-0.15, -0.1) is 28.1 Å². The van der Waals surface area contributed by atoms with Crippen LogP contribution >= 0.6 is 34.7 Å². The van der Waals surface area contributed by atoms with Gasteiger partial charge in [0.25, 0.3) is 0 Å². The second-order valence-corrected chi connectivity index (χ2v) is 9.61. The Bertz CT molecular complexity index is 1340. The number of carbonyl (C=O) groups is 1. The third kappa shape index (κ3) is 6.47. The van der Waals surface area contributed by atoms with Crippen molar-refractivity contribution in [1.82, 2.24) is 19.7 Å². The summed E-state index contributed by atoms with van der Waals surface area (Å²) < 4.78 is 20.8. The molecule has 7 nitrogen and oxygen atoms in total. The highest BCUT2D eigenvalue weighted by Gasteiger charge is 2.15. The van der Waals surface area contributed by atoms with E-state index in [0.717, 1.165) is 11.3 Å². The van der Waals surface area contributed by atoms with Crippen molar-refractivity contribution in [3.63, 3.8) is 0 Å². The average molecular weight is 530 g/mol. The number of amides is 1. The summed E-state index contributed by atoms with van der Waals surface area (Å²) in [5.74, 6) is 0.354. The molecular formula is C24H21ClFN5O2S2. The second kappa shape index (κ2) is 11.5. The normalized spacial score (nSPS) is 10.8. The Morgan fingerprint density at radius 1 is 1.29 bits per heavy atom. The molecule has 4 aromatic rings. The molecule has 0 bridgehead atoms. The maximum atomic E-state index is 13.3. The Morgan fingerprint density at radius 3 is 2.83 bits per heavy atom. The van der Waals surface area contributed by atoms with Crippen LogP contribution in [0, 0.1) is 12.7 Å². The first-order chi connectivity index (χ1) is 16.9. The van der Waals surface area contributed by atoms with Crippen molar-refractivity contribution in [2.24, 2.45) is 0 Å². The van der Waals surface area contributed by atoms with Gasteiger partial charge in [0, 0.05) is 23.6 Å². The lowest BCUT2D eigenvalue weighted by Gasteiger charge is -2.09. The zero-order valence-electron chi connectivity index (χ0n) is 18.7. The number of hydrogen-bond donors (Lipinski definition) is 1. The molecule has 0 fully saturated rings. The molecule has 1 N–H and O–H groups in total. The number of hydrogen-bond acceptors (Lipinski definition) is 7. The lowest BCUT2D eigenvalue weighted by Crippen LogP contribution is -2.15. The van der Waals surface area contributed by atoms with E-state index in [1.807, 2.05) is 36.6 Å². The third-order valence-corrected chi connectivity index (χ3v) is 6.81. The third-order valence-electron chi connectivity index (χ3n) is 4.79. The molecule has 0 aliphatic heterocycles. The fourth-order valence-corrected chi connectivity index (χ4v) is 4.71. The molecule has 0 atom stereocenters. The van der Waals surface area contributed by atoms with Crippen molar-refractivity contribution in [1.29, 1.82) is 0 Å². The lowest BCUT2D eigenvalue weighted by atomic mass is 10.1. The van der Waals surface area contributed by atoms with Crippen LogP contribution in [0.15, 0.2) is 65.7 Å². The van der Waals surface area contributed by atoms with Crippen LogP contribution in [0.4, 0.5) is 9.52 Å². The predicted molar refractivity (Wildman–Crippen MR) is 138 cm³/mol. The highest BCUT2D eigenvalue weighted by Crippen LogP contribution is 2.26. The largest absolute Gasteiger partial charge is 0.486 e. The van der Waals surface area contributed by atoms with Gasteiger partial charge in [0.1, 0.15) is 18.2 Å². The first-order valence-electron chi connectivity index (χ1n) is 10.5. The number of allylic oxidation sites excluding steroid dienone is 1. The van der Waals surface area contributed by atoms with Gasteiger partial charge in [-0.05, 0) is 19.1 Å². The second-order valence-electron chi connectivity index (χ2n) is 7.40. The molecule has 0 unspecified atom stereocenters. The van der Waals surface area contributed by atoms with Gasteiger partial charge in [0.2, 0.25) is 5.91 Å². The van der Waals surface area contributed by atoms with Crippen molar-refractivity contribution in [3.8, 4) is 17.0 Å². The number of halogens is 2. The van der Waals surface area contributed by atoms with Crippen LogP contribution in [0.25, 0.3) is 11.3 Å². The van der Waals surface area contributed by atoms with E-state index in [9.17, 15) is 9.18 Å². The zero-order chi connectivity index (χ0) is 24.8. The van der Waals surface area contributed by atoms with Crippen molar-refractivity contribution < 1.29 is 13.9 Å².